The van der Waals surface area contributed by atoms with Crippen LogP contribution in [0, 0.1) is 17.2 Å². The van der Waals surface area contributed by atoms with Crippen molar-refractivity contribution in [2.24, 2.45) is 22.2 Å². The number of rotatable bonds is 3. The molecule has 1 aliphatic rings. The van der Waals surface area contributed by atoms with Crippen LogP contribution >= 0.6 is 0 Å². The van der Waals surface area contributed by atoms with Gasteiger partial charge in [0.2, 0.25) is 5.91 Å². The second kappa shape index (κ2) is 4.87. The monoisotopic (exact) mass is 265 g/mol. The number of hydrogen-bond donors (Lipinski definition) is 3. The number of para-hydroxylation sites is 1. The summed E-state index contributed by atoms with van der Waals surface area (Å²) in [6, 6.07) is 5.89. The zero-order valence-corrected chi connectivity index (χ0v) is 10.6. The Morgan fingerprint density at radius 1 is 1.53 bits per heavy atom. The summed E-state index contributed by atoms with van der Waals surface area (Å²) in [5.74, 6) is -0.769. The maximum absolute atomic E-state index is 13.5. The molecule has 6 heteroatoms. The molecule has 0 aliphatic heterocycles. The molecule has 19 heavy (non-hydrogen) atoms. The number of hydrogen-bond acceptors (Lipinski definition) is 3. The molecule has 0 aromatic heterocycles. The molecule has 1 aromatic carbocycles. The first-order valence-corrected chi connectivity index (χ1v) is 6.03. The van der Waals surface area contributed by atoms with E-state index in [0.29, 0.717) is 18.8 Å². The molecule has 1 amide bonds. The molecule has 5 nitrogen and oxygen atoms in total. The predicted molar refractivity (Wildman–Crippen MR) is 69.3 cm³/mol. The van der Waals surface area contributed by atoms with Crippen LogP contribution in [0.15, 0.2) is 29.4 Å². The van der Waals surface area contributed by atoms with E-state index in [0.717, 1.165) is 0 Å². The Balaban J connectivity index is 2.21. The van der Waals surface area contributed by atoms with Gasteiger partial charge in [-0.25, -0.2) is 4.39 Å². The average Bonchev–Trinajstić information content (AvgIpc) is 2.36. The van der Waals surface area contributed by atoms with Gasteiger partial charge in [-0.15, -0.1) is 0 Å². The number of nitrogens with one attached hydrogen (secondary N) is 1. The lowest BCUT2D eigenvalue weighted by atomic mass is 9.61. The fourth-order valence-electron chi connectivity index (χ4n) is 2.54. The van der Waals surface area contributed by atoms with E-state index in [2.05, 4.69) is 10.5 Å². The summed E-state index contributed by atoms with van der Waals surface area (Å²) in [5, 5.41) is 14.2. The number of nitrogens with two attached hydrogens (primary N) is 1. The molecule has 2 rings (SSSR count). The van der Waals surface area contributed by atoms with Crippen LogP contribution in [0.1, 0.15) is 19.8 Å². The summed E-state index contributed by atoms with van der Waals surface area (Å²) in [6.07, 6.45) is 0.979. The molecule has 0 atom stereocenters. The molecule has 0 unspecified atom stereocenters. The lowest BCUT2D eigenvalue weighted by Crippen LogP contribution is -2.54. The Labute approximate surface area is 110 Å². The van der Waals surface area contributed by atoms with E-state index in [9.17, 15) is 9.18 Å². The van der Waals surface area contributed by atoms with Crippen LogP contribution in [0.25, 0.3) is 0 Å². The minimum atomic E-state index is -1.03. The van der Waals surface area contributed by atoms with Gasteiger partial charge in [-0.1, -0.05) is 24.2 Å². The van der Waals surface area contributed by atoms with Crippen molar-refractivity contribution >= 4 is 17.4 Å². The molecule has 0 saturated heterocycles. The molecule has 0 bridgehead atoms. The van der Waals surface area contributed by atoms with Gasteiger partial charge >= 0.3 is 0 Å². The molecule has 4 N–H and O–H groups in total. The molecule has 0 radical (unpaired) electrons. The summed E-state index contributed by atoms with van der Waals surface area (Å²) >= 11 is 0. The molecule has 102 valence electrons. The summed E-state index contributed by atoms with van der Waals surface area (Å²) < 4.78 is 13.5. The predicted octanol–water partition coefficient (Wildman–Crippen LogP) is 1.93. The van der Waals surface area contributed by atoms with Crippen LogP contribution in [0.2, 0.25) is 0 Å². The molecule has 1 aromatic rings. The molecule has 1 saturated carbocycles. The van der Waals surface area contributed by atoms with Gasteiger partial charge in [0.1, 0.15) is 11.2 Å². The van der Waals surface area contributed by atoms with Gasteiger partial charge in [-0.2, -0.15) is 0 Å². The van der Waals surface area contributed by atoms with Gasteiger partial charge < -0.3 is 16.3 Å². The fourth-order valence-corrected chi connectivity index (χ4v) is 2.54. The number of nitrogens with zero attached hydrogens (tertiary/aromatic N) is 1. The van der Waals surface area contributed by atoms with E-state index in [4.69, 9.17) is 10.9 Å². The van der Waals surface area contributed by atoms with Crippen LogP contribution in [0.3, 0.4) is 0 Å². The van der Waals surface area contributed by atoms with Crippen LogP contribution in [-0.2, 0) is 4.79 Å². The third kappa shape index (κ3) is 2.25. The minimum absolute atomic E-state index is 0.0946. The van der Waals surface area contributed by atoms with Gasteiger partial charge in [0.05, 0.1) is 5.69 Å². The second-order valence-electron chi connectivity index (χ2n) is 5.01. The van der Waals surface area contributed by atoms with Gasteiger partial charge in [-0.05, 0) is 30.9 Å². The lowest BCUT2D eigenvalue weighted by Gasteiger charge is -2.43. The molecule has 0 heterocycles. The van der Waals surface area contributed by atoms with E-state index < -0.39 is 17.1 Å². The van der Waals surface area contributed by atoms with Gasteiger partial charge in [-0.3, -0.25) is 4.79 Å². The van der Waals surface area contributed by atoms with Crippen molar-refractivity contribution in [3.8, 4) is 0 Å². The normalized spacial score (nSPS) is 26.6. The summed E-state index contributed by atoms with van der Waals surface area (Å²) in [6.45, 7) is 1.97. The Kier molecular flexibility index (Phi) is 3.42. The van der Waals surface area contributed by atoms with E-state index >= 15 is 0 Å². The number of amidine groups is 1. The highest BCUT2D eigenvalue weighted by molar-refractivity contribution is 6.12. The number of benzene rings is 1. The maximum Gasteiger partial charge on any atom is 0.238 e. The average molecular weight is 265 g/mol. The topological polar surface area (TPSA) is 87.7 Å². The van der Waals surface area contributed by atoms with E-state index in [-0.39, 0.29) is 11.5 Å². The zero-order chi connectivity index (χ0) is 14.0. The number of halogens is 1. The molecular weight excluding hydrogens is 249 g/mol. The third-order valence-corrected chi connectivity index (χ3v) is 3.55. The lowest BCUT2D eigenvalue weighted by molar-refractivity contribution is -0.127. The first-order valence-electron chi connectivity index (χ1n) is 6.03. The summed E-state index contributed by atoms with van der Waals surface area (Å²) in [4.78, 5) is 12.3. The SMILES string of the molecule is CC1CC(C(=O)Nc2ccccc2F)(/C(N)=N/O)C1. The van der Waals surface area contributed by atoms with Crippen LogP contribution in [-0.4, -0.2) is 17.0 Å². The van der Waals surface area contributed by atoms with Crippen LogP contribution in [0.5, 0.6) is 0 Å². The van der Waals surface area contributed by atoms with Crippen molar-refractivity contribution in [2.75, 3.05) is 5.32 Å². The molecule has 0 spiro atoms. The zero-order valence-electron chi connectivity index (χ0n) is 10.6. The number of carbonyl (C=O) groups excluding carboxylic acids is 1. The van der Waals surface area contributed by atoms with E-state index in [1.807, 2.05) is 6.92 Å². The number of carbonyl (C=O) groups is 1. The van der Waals surface area contributed by atoms with Crippen molar-refractivity contribution in [3.05, 3.63) is 30.1 Å². The minimum Gasteiger partial charge on any atom is -0.409 e. The largest absolute Gasteiger partial charge is 0.409 e. The number of anilines is 1. The standard InChI is InChI=1S/C13H16FN3O2/c1-8-6-13(7-8,11(15)17-19)12(18)16-10-5-3-2-4-9(10)14/h2-5,8,19H,6-7H2,1H3,(H2,15,17)(H,16,18). The fraction of sp³-hybridized carbons (Fsp3) is 0.385. The Hall–Kier alpha value is -2.11. The van der Waals surface area contributed by atoms with Crippen molar-refractivity contribution in [1.29, 1.82) is 0 Å². The first kappa shape index (κ1) is 13.3. The highest BCUT2D eigenvalue weighted by Crippen LogP contribution is 2.46. The van der Waals surface area contributed by atoms with Gasteiger partial charge in [0.15, 0.2) is 5.84 Å². The van der Waals surface area contributed by atoms with Crippen LogP contribution in [0.4, 0.5) is 10.1 Å². The molecule has 1 fully saturated rings. The van der Waals surface area contributed by atoms with Crippen molar-refractivity contribution in [3.63, 3.8) is 0 Å². The summed E-state index contributed by atoms with van der Waals surface area (Å²) in [5.41, 5.74) is 4.68. The maximum atomic E-state index is 13.5. The Morgan fingerprint density at radius 3 is 2.68 bits per heavy atom. The Morgan fingerprint density at radius 2 is 2.16 bits per heavy atom. The Bertz CT molecular complexity index is 524. The summed E-state index contributed by atoms with van der Waals surface area (Å²) in [7, 11) is 0. The van der Waals surface area contributed by atoms with E-state index in [1.165, 1.54) is 18.2 Å². The third-order valence-electron chi connectivity index (χ3n) is 3.55. The van der Waals surface area contributed by atoms with Gasteiger partial charge in [0.25, 0.3) is 0 Å². The van der Waals surface area contributed by atoms with E-state index in [1.54, 1.807) is 6.07 Å². The first-order chi connectivity index (χ1) is 8.99. The van der Waals surface area contributed by atoms with Crippen molar-refractivity contribution in [1.82, 2.24) is 0 Å². The highest BCUT2D eigenvalue weighted by atomic mass is 19.1. The molecule has 1 aliphatic carbocycles. The highest BCUT2D eigenvalue weighted by Gasteiger charge is 2.52. The number of amides is 1. The number of oxime groups is 1. The van der Waals surface area contributed by atoms with Crippen molar-refractivity contribution < 1.29 is 14.4 Å². The second-order valence-corrected chi connectivity index (χ2v) is 5.01. The molecular formula is C13H16FN3O2. The smallest absolute Gasteiger partial charge is 0.238 e. The van der Waals surface area contributed by atoms with Crippen molar-refractivity contribution in [2.45, 2.75) is 19.8 Å². The van der Waals surface area contributed by atoms with Crippen LogP contribution < -0.4 is 11.1 Å². The quantitative estimate of drug-likeness (QED) is 0.338. The van der Waals surface area contributed by atoms with Gasteiger partial charge in [0, 0.05) is 0 Å².